The zero-order valence-corrected chi connectivity index (χ0v) is 14.5. The summed E-state index contributed by atoms with van der Waals surface area (Å²) in [7, 11) is 0. The van der Waals surface area contributed by atoms with Gasteiger partial charge in [-0.3, -0.25) is 19.6 Å². The maximum Gasteiger partial charge on any atom is 0.225 e. The van der Waals surface area contributed by atoms with E-state index in [-0.39, 0.29) is 11.7 Å². The topological polar surface area (TPSA) is 78.1 Å². The molecule has 1 fully saturated rings. The summed E-state index contributed by atoms with van der Waals surface area (Å²) < 4.78 is 0. The first-order valence-corrected chi connectivity index (χ1v) is 8.77. The zero-order valence-electron chi connectivity index (χ0n) is 14.5. The van der Waals surface area contributed by atoms with Gasteiger partial charge in [-0.05, 0) is 50.6 Å². The van der Waals surface area contributed by atoms with Crippen LogP contribution < -0.4 is 5.32 Å². The molecule has 2 heterocycles. The normalized spacial score (nSPS) is 18.0. The lowest BCUT2D eigenvalue weighted by molar-refractivity contribution is -0.116. The average molecular weight is 340 g/mol. The number of benzene rings is 1. The summed E-state index contributed by atoms with van der Waals surface area (Å²) in [6.45, 7) is 3.27. The number of amides is 1. The van der Waals surface area contributed by atoms with Crippen LogP contribution in [0.1, 0.15) is 54.6 Å². The molecule has 2 N–H and O–H groups in total. The first kappa shape index (κ1) is 17.4. The van der Waals surface area contributed by atoms with E-state index in [0.29, 0.717) is 18.0 Å². The molecule has 1 saturated heterocycles. The van der Waals surface area contributed by atoms with Gasteiger partial charge >= 0.3 is 0 Å². The average Bonchev–Trinajstić information content (AvgIpc) is 3.15. The van der Waals surface area contributed by atoms with Crippen LogP contribution in [0.15, 0.2) is 36.7 Å². The van der Waals surface area contributed by atoms with Gasteiger partial charge in [-0.25, -0.2) is 0 Å². The number of aromatic amines is 1. The van der Waals surface area contributed by atoms with E-state index in [1.807, 2.05) is 12.4 Å². The van der Waals surface area contributed by atoms with Gasteiger partial charge in [0.2, 0.25) is 5.91 Å². The van der Waals surface area contributed by atoms with Gasteiger partial charge in [0.05, 0.1) is 6.20 Å². The third kappa shape index (κ3) is 4.54. The van der Waals surface area contributed by atoms with Crippen LogP contribution in [-0.2, 0) is 4.79 Å². The number of H-pyrrole nitrogens is 1. The number of ketones is 1. The van der Waals surface area contributed by atoms with Crippen LogP contribution in [0, 0.1) is 0 Å². The molecule has 25 heavy (non-hydrogen) atoms. The van der Waals surface area contributed by atoms with E-state index in [9.17, 15) is 9.59 Å². The van der Waals surface area contributed by atoms with E-state index in [4.69, 9.17) is 0 Å². The van der Waals surface area contributed by atoms with Gasteiger partial charge in [-0.1, -0.05) is 6.42 Å². The molecule has 1 aromatic carbocycles. The highest BCUT2D eigenvalue weighted by atomic mass is 16.1. The lowest BCUT2D eigenvalue weighted by Gasteiger charge is -2.35. The summed E-state index contributed by atoms with van der Waals surface area (Å²) in [5.41, 5.74) is 2.56. The standard InChI is InChI=1S/C19H24N4O2/c1-14(24)15-5-7-17(8-6-15)22-19(25)9-11-23-10-3-2-4-18(23)16-12-20-21-13-16/h5-8,12-13,18H,2-4,9-11H2,1H3,(H,20,21)(H,22,25). The minimum absolute atomic E-state index is 0.00732. The Morgan fingerprint density at radius 3 is 2.76 bits per heavy atom. The fraction of sp³-hybridized carbons (Fsp3) is 0.421. The van der Waals surface area contributed by atoms with Gasteiger partial charge in [0.25, 0.3) is 0 Å². The summed E-state index contributed by atoms with van der Waals surface area (Å²) in [5.74, 6) is 0.0142. The molecular weight excluding hydrogens is 316 g/mol. The molecule has 1 aliphatic rings. The Labute approximate surface area is 147 Å². The van der Waals surface area contributed by atoms with Gasteiger partial charge in [-0.15, -0.1) is 0 Å². The zero-order chi connectivity index (χ0) is 17.6. The Balaban J connectivity index is 1.53. The number of hydrogen-bond acceptors (Lipinski definition) is 4. The lowest BCUT2D eigenvalue weighted by Crippen LogP contribution is -2.35. The maximum absolute atomic E-state index is 12.2. The third-order valence-electron chi connectivity index (χ3n) is 4.72. The number of hydrogen-bond donors (Lipinski definition) is 2. The summed E-state index contributed by atoms with van der Waals surface area (Å²) >= 11 is 0. The summed E-state index contributed by atoms with van der Waals surface area (Å²) in [4.78, 5) is 25.9. The number of rotatable bonds is 6. The van der Waals surface area contributed by atoms with Crippen molar-refractivity contribution in [3.8, 4) is 0 Å². The van der Waals surface area contributed by atoms with Crippen LogP contribution in [0.25, 0.3) is 0 Å². The Morgan fingerprint density at radius 2 is 2.08 bits per heavy atom. The van der Waals surface area contributed by atoms with Crippen LogP contribution in [0.3, 0.4) is 0 Å². The largest absolute Gasteiger partial charge is 0.326 e. The van der Waals surface area contributed by atoms with Crippen LogP contribution in [-0.4, -0.2) is 39.9 Å². The highest BCUT2D eigenvalue weighted by Gasteiger charge is 2.24. The number of nitrogens with one attached hydrogen (secondary N) is 2. The van der Waals surface area contributed by atoms with Crippen LogP contribution in [0.4, 0.5) is 5.69 Å². The Bertz CT molecular complexity index is 710. The molecule has 1 amide bonds. The van der Waals surface area contributed by atoms with Crippen molar-refractivity contribution >= 4 is 17.4 Å². The number of piperidine rings is 1. The Kier molecular flexibility index (Phi) is 5.60. The van der Waals surface area contributed by atoms with Crippen LogP contribution >= 0.6 is 0 Å². The number of Topliss-reactive ketones (excluding diaryl/α,β-unsaturated/α-hetero) is 1. The summed E-state index contributed by atoms with van der Waals surface area (Å²) in [6, 6.07) is 7.35. The van der Waals surface area contributed by atoms with Crippen molar-refractivity contribution in [1.82, 2.24) is 15.1 Å². The maximum atomic E-state index is 12.2. The predicted octanol–water partition coefficient (Wildman–Crippen LogP) is 3.17. The molecule has 1 unspecified atom stereocenters. The van der Waals surface area contributed by atoms with E-state index in [1.54, 1.807) is 24.3 Å². The van der Waals surface area contributed by atoms with E-state index in [1.165, 1.54) is 25.3 Å². The smallest absolute Gasteiger partial charge is 0.225 e. The van der Waals surface area contributed by atoms with E-state index < -0.39 is 0 Å². The molecule has 6 nitrogen and oxygen atoms in total. The molecular formula is C19H24N4O2. The SMILES string of the molecule is CC(=O)c1ccc(NC(=O)CCN2CCCCC2c2cn[nH]c2)cc1. The first-order chi connectivity index (χ1) is 12.1. The highest BCUT2D eigenvalue weighted by molar-refractivity contribution is 5.95. The molecule has 0 aliphatic carbocycles. The number of nitrogens with zero attached hydrogens (tertiary/aromatic N) is 2. The van der Waals surface area contributed by atoms with Crippen molar-refractivity contribution in [2.75, 3.05) is 18.4 Å². The van der Waals surface area contributed by atoms with E-state index >= 15 is 0 Å². The Hall–Kier alpha value is -2.47. The van der Waals surface area contributed by atoms with Crippen molar-refractivity contribution in [2.45, 2.75) is 38.6 Å². The van der Waals surface area contributed by atoms with Crippen molar-refractivity contribution in [1.29, 1.82) is 0 Å². The quantitative estimate of drug-likeness (QED) is 0.792. The fourth-order valence-corrected chi connectivity index (χ4v) is 3.34. The van der Waals surface area contributed by atoms with Gasteiger partial charge in [0.1, 0.15) is 0 Å². The van der Waals surface area contributed by atoms with Crippen molar-refractivity contribution in [2.24, 2.45) is 0 Å². The fourth-order valence-electron chi connectivity index (χ4n) is 3.34. The summed E-state index contributed by atoms with van der Waals surface area (Å²) in [5, 5.41) is 9.83. The number of carbonyl (C=O) groups excluding carboxylic acids is 2. The molecule has 1 atom stereocenters. The van der Waals surface area contributed by atoms with Gasteiger partial charge < -0.3 is 5.32 Å². The molecule has 6 heteroatoms. The molecule has 1 aromatic heterocycles. The second-order valence-electron chi connectivity index (χ2n) is 6.51. The Morgan fingerprint density at radius 1 is 1.28 bits per heavy atom. The number of aromatic nitrogens is 2. The molecule has 1 aliphatic heterocycles. The van der Waals surface area contributed by atoms with Crippen molar-refractivity contribution in [3.05, 3.63) is 47.8 Å². The molecule has 0 radical (unpaired) electrons. The third-order valence-corrected chi connectivity index (χ3v) is 4.72. The van der Waals surface area contributed by atoms with Crippen molar-refractivity contribution < 1.29 is 9.59 Å². The lowest BCUT2D eigenvalue weighted by atomic mass is 9.97. The predicted molar refractivity (Wildman–Crippen MR) is 96.4 cm³/mol. The monoisotopic (exact) mass is 340 g/mol. The summed E-state index contributed by atoms with van der Waals surface area (Å²) in [6.07, 6.45) is 7.75. The molecule has 0 saturated carbocycles. The molecule has 2 aromatic rings. The number of anilines is 1. The second-order valence-corrected chi connectivity index (χ2v) is 6.51. The molecule has 132 valence electrons. The molecule has 3 rings (SSSR count). The number of likely N-dealkylation sites (tertiary alicyclic amines) is 1. The minimum Gasteiger partial charge on any atom is -0.326 e. The van der Waals surface area contributed by atoms with Gasteiger partial charge in [0.15, 0.2) is 5.78 Å². The van der Waals surface area contributed by atoms with E-state index in [2.05, 4.69) is 20.4 Å². The highest BCUT2D eigenvalue weighted by Crippen LogP contribution is 2.30. The van der Waals surface area contributed by atoms with Crippen LogP contribution in [0.2, 0.25) is 0 Å². The molecule has 0 bridgehead atoms. The van der Waals surface area contributed by atoms with Gasteiger partial charge in [0, 0.05) is 42.0 Å². The van der Waals surface area contributed by atoms with Crippen molar-refractivity contribution in [3.63, 3.8) is 0 Å². The first-order valence-electron chi connectivity index (χ1n) is 8.77. The van der Waals surface area contributed by atoms with Gasteiger partial charge in [-0.2, -0.15) is 5.10 Å². The second kappa shape index (κ2) is 8.07. The van der Waals surface area contributed by atoms with Crippen LogP contribution in [0.5, 0.6) is 0 Å². The number of carbonyl (C=O) groups is 2. The molecule has 0 spiro atoms. The van der Waals surface area contributed by atoms with E-state index in [0.717, 1.165) is 25.2 Å². The minimum atomic E-state index is -0.00732.